The number of hydrogen-bond donors (Lipinski definition) is 4. The average molecular weight is 500 g/mol. The third kappa shape index (κ3) is 4.79. The lowest BCUT2D eigenvalue weighted by molar-refractivity contribution is -0.147. The first-order valence-electron chi connectivity index (χ1n) is 11.3. The van der Waals surface area contributed by atoms with Gasteiger partial charge in [0.2, 0.25) is 11.8 Å². The number of halogens is 2. The van der Waals surface area contributed by atoms with Crippen molar-refractivity contribution >= 4 is 42.8 Å². The fraction of sp³-hybridized carbons (Fsp3) is 0.609. The molecular weight excluding hydrogens is 465 g/mol. The van der Waals surface area contributed by atoms with Gasteiger partial charge < -0.3 is 26.9 Å². The van der Waals surface area contributed by atoms with E-state index in [1.54, 1.807) is 24.0 Å². The molecule has 0 bridgehead atoms. The number of nitrogens with two attached hydrogens (primary N) is 2. The van der Waals surface area contributed by atoms with Crippen LogP contribution in [0.5, 0.6) is 5.75 Å². The molecule has 6 N–H and O–H groups in total. The quantitative estimate of drug-likeness (QED) is 0.286. The minimum atomic E-state index is -1.16. The van der Waals surface area contributed by atoms with Crippen LogP contribution in [-0.2, 0) is 9.59 Å². The van der Waals surface area contributed by atoms with Crippen LogP contribution in [0.1, 0.15) is 62.5 Å². The summed E-state index contributed by atoms with van der Waals surface area (Å²) in [5, 5.41) is 17.2. The van der Waals surface area contributed by atoms with Gasteiger partial charge in [0.25, 0.3) is 0 Å². The maximum absolute atomic E-state index is 13.7. The molecule has 2 amide bonds. The Morgan fingerprint density at radius 1 is 1.21 bits per heavy atom. The first-order valence-corrected chi connectivity index (χ1v) is 11.3. The van der Waals surface area contributed by atoms with Gasteiger partial charge in [0, 0.05) is 18.0 Å². The second-order valence-corrected chi connectivity index (χ2v) is 9.37. The van der Waals surface area contributed by atoms with E-state index in [-0.39, 0.29) is 48.4 Å². The molecule has 184 valence electrons. The standard InChI is InChI=1S/C23H33N5O3.2ClH/c1-23(22(24)31)18(15-6-7-16(13-27-25)19(29)12-15)9-11-28(23)21(30)20-17-5-3-2-4-14(17)8-10-26-20;;/h6-7,12-14,17-18,20,26,29H,2-5,8-11,25H2,1H3,(H2,24,31);2*1H/t14-,17-,18?,20-,23+;;/m1../s1. The first kappa shape index (κ1) is 27.2. The summed E-state index contributed by atoms with van der Waals surface area (Å²) >= 11 is 0. The number of fused-ring (bicyclic) bond motifs is 1. The minimum Gasteiger partial charge on any atom is -0.507 e. The highest BCUT2D eigenvalue weighted by Crippen LogP contribution is 2.45. The molecule has 1 aromatic rings. The zero-order chi connectivity index (χ0) is 22.2. The van der Waals surface area contributed by atoms with E-state index >= 15 is 0 Å². The molecule has 1 unspecified atom stereocenters. The molecule has 3 fully saturated rings. The number of carbonyl (C=O) groups is 2. The van der Waals surface area contributed by atoms with Crippen LogP contribution < -0.4 is 16.9 Å². The van der Waals surface area contributed by atoms with Crippen molar-refractivity contribution in [2.75, 3.05) is 13.1 Å². The van der Waals surface area contributed by atoms with E-state index in [2.05, 4.69) is 10.4 Å². The summed E-state index contributed by atoms with van der Waals surface area (Å²) < 4.78 is 0. The monoisotopic (exact) mass is 499 g/mol. The van der Waals surface area contributed by atoms with Crippen LogP contribution >= 0.6 is 24.8 Å². The van der Waals surface area contributed by atoms with Crippen LogP contribution in [0.15, 0.2) is 23.3 Å². The van der Waals surface area contributed by atoms with Crippen molar-refractivity contribution < 1.29 is 14.7 Å². The Morgan fingerprint density at radius 3 is 2.61 bits per heavy atom. The zero-order valence-corrected chi connectivity index (χ0v) is 20.5. The molecule has 1 aromatic carbocycles. The van der Waals surface area contributed by atoms with Crippen molar-refractivity contribution in [3.63, 3.8) is 0 Å². The van der Waals surface area contributed by atoms with E-state index in [0.29, 0.717) is 30.4 Å². The van der Waals surface area contributed by atoms with Crippen LogP contribution in [0.4, 0.5) is 0 Å². The number of likely N-dealkylation sites (tertiary alicyclic amines) is 1. The van der Waals surface area contributed by atoms with Crippen molar-refractivity contribution in [3.05, 3.63) is 29.3 Å². The summed E-state index contributed by atoms with van der Waals surface area (Å²) in [6.45, 7) is 3.06. The average Bonchev–Trinajstić information content (AvgIpc) is 3.13. The SMILES string of the molecule is C[C@@]1(C(N)=O)C(c2ccc(C=NN)c(O)c2)CCN1C(=O)[C@@H]1NCC[C@H]2CCCC[C@H]21.Cl.Cl. The largest absolute Gasteiger partial charge is 0.507 e. The van der Waals surface area contributed by atoms with Crippen LogP contribution in [0.25, 0.3) is 0 Å². The lowest BCUT2D eigenvalue weighted by Gasteiger charge is -2.45. The summed E-state index contributed by atoms with van der Waals surface area (Å²) in [5.74, 6) is 5.29. The van der Waals surface area contributed by atoms with Crippen molar-refractivity contribution in [1.82, 2.24) is 10.2 Å². The number of benzene rings is 1. The highest BCUT2D eigenvalue weighted by Gasteiger charge is 2.54. The van der Waals surface area contributed by atoms with E-state index in [1.807, 2.05) is 6.07 Å². The predicted molar refractivity (Wildman–Crippen MR) is 133 cm³/mol. The smallest absolute Gasteiger partial charge is 0.243 e. The summed E-state index contributed by atoms with van der Waals surface area (Å²) in [7, 11) is 0. The fourth-order valence-corrected chi connectivity index (χ4v) is 6.11. The molecule has 0 radical (unpaired) electrons. The summed E-state index contributed by atoms with van der Waals surface area (Å²) in [6, 6.07) is 4.91. The molecular formula is C23H35Cl2N5O3. The second-order valence-electron chi connectivity index (χ2n) is 9.37. The summed E-state index contributed by atoms with van der Waals surface area (Å²) in [4.78, 5) is 28.2. The van der Waals surface area contributed by atoms with E-state index in [9.17, 15) is 14.7 Å². The van der Waals surface area contributed by atoms with Crippen molar-refractivity contribution in [3.8, 4) is 5.75 Å². The summed E-state index contributed by atoms with van der Waals surface area (Å²) in [5.41, 5.74) is 6.02. The number of primary amides is 1. The second kappa shape index (κ2) is 10.9. The lowest BCUT2D eigenvalue weighted by atomic mass is 9.71. The van der Waals surface area contributed by atoms with E-state index in [4.69, 9.17) is 11.6 Å². The number of phenols is 1. The number of phenolic OH excluding ortho intramolecular Hbond substituents is 1. The third-order valence-electron chi connectivity index (χ3n) is 7.86. The number of nitrogens with one attached hydrogen (secondary N) is 1. The van der Waals surface area contributed by atoms with Gasteiger partial charge in [-0.15, -0.1) is 24.8 Å². The van der Waals surface area contributed by atoms with Gasteiger partial charge in [0.15, 0.2) is 0 Å². The van der Waals surface area contributed by atoms with E-state index < -0.39 is 11.4 Å². The van der Waals surface area contributed by atoms with Crippen LogP contribution in [-0.4, -0.2) is 52.7 Å². The maximum atomic E-state index is 13.7. The molecule has 8 nitrogen and oxygen atoms in total. The van der Waals surface area contributed by atoms with E-state index in [0.717, 1.165) is 31.4 Å². The van der Waals surface area contributed by atoms with E-state index in [1.165, 1.54) is 19.1 Å². The minimum absolute atomic E-state index is 0. The Balaban J connectivity index is 0.00000193. The van der Waals surface area contributed by atoms with Gasteiger partial charge in [0.05, 0.1) is 12.3 Å². The van der Waals surface area contributed by atoms with Crippen LogP contribution in [0.2, 0.25) is 0 Å². The molecule has 1 aliphatic carbocycles. The molecule has 33 heavy (non-hydrogen) atoms. The number of rotatable bonds is 4. The first-order chi connectivity index (χ1) is 14.9. The lowest BCUT2D eigenvalue weighted by Crippen LogP contribution is -2.63. The van der Waals surface area contributed by atoms with Crippen LogP contribution in [0.3, 0.4) is 0 Å². The molecule has 0 spiro atoms. The summed E-state index contributed by atoms with van der Waals surface area (Å²) in [6.07, 6.45) is 7.71. The van der Waals surface area contributed by atoms with Gasteiger partial charge in [-0.05, 0) is 62.3 Å². The zero-order valence-electron chi connectivity index (χ0n) is 18.9. The number of nitrogens with zero attached hydrogens (tertiary/aromatic N) is 2. The number of carbonyl (C=O) groups excluding carboxylic acids is 2. The Hall–Kier alpha value is -2.03. The van der Waals surface area contributed by atoms with Crippen molar-refractivity contribution in [2.24, 2.45) is 28.5 Å². The van der Waals surface area contributed by atoms with Gasteiger partial charge in [-0.3, -0.25) is 9.59 Å². The molecule has 2 heterocycles. The van der Waals surface area contributed by atoms with Gasteiger partial charge in [0.1, 0.15) is 11.3 Å². The van der Waals surface area contributed by atoms with Gasteiger partial charge in [-0.25, -0.2) is 0 Å². The number of piperidine rings is 1. The molecule has 10 heteroatoms. The molecule has 2 saturated heterocycles. The number of hydrogen-bond acceptors (Lipinski definition) is 6. The molecule has 4 rings (SSSR count). The topological polar surface area (TPSA) is 134 Å². The van der Waals surface area contributed by atoms with Crippen LogP contribution in [0, 0.1) is 11.8 Å². The van der Waals surface area contributed by atoms with Gasteiger partial charge in [-0.1, -0.05) is 25.3 Å². The molecule has 1 saturated carbocycles. The third-order valence-corrected chi connectivity index (χ3v) is 7.86. The Morgan fingerprint density at radius 2 is 1.94 bits per heavy atom. The molecule has 3 aliphatic rings. The molecule has 2 aliphatic heterocycles. The highest BCUT2D eigenvalue weighted by molar-refractivity contribution is 5.94. The van der Waals surface area contributed by atoms with Gasteiger partial charge in [-0.2, -0.15) is 5.10 Å². The molecule has 0 aromatic heterocycles. The number of amides is 2. The molecule has 5 atom stereocenters. The normalized spacial score (nSPS) is 31.4. The predicted octanol–water partition coefficient (Wildman–Crippen LogP) is 2.26. The number of aromatic hydroxyl groups is 1. The van der Waals surface area contributed by atoms with Gasteiger partial charge >= 0.3 is 0 Å². The Kier molecular flexibility index (Phi) is 9.01. The maximum Gasteiger partial charge on any atom is 0.243 e. The fourth-order valence-electron chi connectivity index (χ4n) is 6.11. The Labute approximate surface area is 207 Å². The van der Waals surface area contributed by atoms with Crippen molar-refractivity contribution in [2.45, 2.75) is 62.9 Å². The van der Waals surface area contributed by atoms with Crippen molar-refractivity contribution in [1.29, 1.82) is 0 Å². The Bertz CT molecular complexity index is 897. The number of hydrazone groups is 1. The highest BCUT2D eigenvalue weighted by atomic mass is 35.5.